The van der Waals surface area contributed by atoms with Crippen molar-refractivity contribution >= 4 is 17.3 Å². The first-order chi connectivity index (χ1) is 8.61. The van der Waals surface area contributed by atoms with Crippen molar-refractivity contribution in [2.45, 2.75) is 38.9 Å². The minimum atomic E-state index is -0.294. The lowest BCUT2D eigenvalue weighted by molar-refractivity contribution is -0.128. The maximum atomic E-state index is 12.4. The number of carbonyl (C=O) groups is 1. The molecule has 4 nitrogen and oxygen atoms in total. The van der Waals surface area contributed by atoms with Crippen LogP contribution in [0.15, 0.2) is 24.3 Å². The molecular weight excluding hydrogens is 228 g/mol. The molecule has 18 heavy (non-hydrogen) atoms. The van der Waals surface area contributed by atoms with Crippen molar-refractivity contribution in [2.75, 3.05) is 17.2 Å². The van der Waals surface area contributed by atoms with Gasteiger partial charge in [0.25, 0.3) is 5.91 Å². The highest BCUT2D eigenvalue weighted by Gasteiger charge is 2.31. The number of likely N-dealkylation sites (N-methyl/N-ethyl adjacent to an activating group) is 1. The van der Waals surface area contributed by atoms with E-state index in [1.165, 1.54) is 0 Å². The molecule has 0 aromatic heterocycles. The van der Waals surface area contributed by atoms with Crippen LogP contribution in [0.1, 0.15) is 26.7 Å². The number of rotatable bonds is 3. The van der Waals surface area contributed by atoms with Crippen molar-refractivity contribution in [1.29, 1.82) is 0 Å². The summed E-state index contributed by atoms with van der Waals surface area (Å²) in [6, 6.07) is 7.36. The third kappa shape index (κ3) is 2.64. The zero-order valence-electron chi connectivity index (χ0n) is 10.9. The molecule has 0 saturated carbocycles. The molecule has 2 rings (SSSR count). The summed E-state index contributed by atoms with van der Waals surface area (Å²) < 4.78 is 5.64. The maximum Gasteiger partial charge on any atom is 0.256 e. The molecule has 1 amide bonds. The number of hydrogen-bond donors (Lipinski definition) is 1. The number of hydrogen-bond acceptors (Lipinski definition) is 3. The number of carbonyl (C=O) groups excluding carboxylic acids is 1. The van der Waals surface area contributed by atoms with E-state index in [9.17, 15) is 4.79 Å². The fraction of sp³-hybridized carbons (Fsp3) is 0.500. The summed E-state index contributed by atoms with van der Waals surface area (Å²) in [4.78, 5) is 14.1. The Bertz CT molecular complexity index is 416. The Kier molecular flexibility index (Phi) is 3.87. The van der Waals surface area contributed by atoms with Crippen LogP contribution in [0.4, 0.5) is 11.4 Å². The number of benzene rings is 1. The molecule has 2 atom stereocenters. The van der Waals surface area contributed by atoms with Gasteiger partial charge < -0.3 is 15.4 Å². The lowest BCUT2D eigenvalue weighted by atomic mass is 10.1. The number of amides is 1. The fourth-order valence-corrected chi connectivity index (χ4v) is 2.28. The summed E-state index contributed by atoms with van der Waals surface area (Å²) in [6.45, 7) is 4.61. The molecule has 4 heteroatoms. The van der Waals surface area contributed by atoms with Gasteiger partial charge in [0, 0.05) is 17.9 Å². The minimum absolute atomic E-state index is 0.0478. The van der Waals surface area contributed by atoms with Crippen molar-refractivity contribution in [1.82, 2.24) is 0 Å². The Morgan fingerprint density at radius 2 is 2.06 bits per heavy atom. The highest BCUT2D eigenvalue weighted by Crippen LogP contribution is 2.24. The second-order valence-corrected chi connectivity index (χ2v) is 4.69. The van der Waals surface area contributed by atoms with E-state index >= 15 is 0 Å². The predicted molar refractivity (Wildman–Crippen MR) is 72.5 cm³/mol. The van der Waals surface area contributed by atoms with Crippen LogP contribution in [0.2, 0.25) is 0 Å². The molecule has 0 radical (unpaired) electrons. The van der Waals surface area contributed by atoms with Crippen LogP contribution in [0.3, 0.4) is 0 Å². The van der Waals surface area contributed by atoms with Crippen LogP contribution in [0.25, 0.3) is 0 Å². The molecule has 1 fully saturated rings. The first kappa shape index (κ1) is 12.9. The van der Waals surface area contributed by atoms with Crippen molar-refractivity contribution in [3.05, 3.63) is 24.3 Å². The molecule has 1 aliphatic rings. The Balaban J connectivity index is 2.13. The Labute approximate surface area is 108 Å². The highest BCUT2D eigenvalue weighted by molar-refractivity contribution is 5.96. The van der Waals surface area contributed by atoms with Crippen LogP contribution in [-0.4, -0.2) is 24.7 Å². The molecular formula is C14H20N2O2. The quantitative estimate of drug-likeness (QED) is 0.834. The van der Waals surface area contributed by atoms with Gasteiger partial charge in [0.15, 0.2) is 0 Å². The molecule has 98 valence electrons. The predicted octanol–water partition coefficient (Wildman–Crippen LogP) is 2.19. The molecule has 2 unspecified atom stereocenters. The van der Waals surface area contributed by atoms with E-state index in [0.29, 0.717) is 12.2 Å². The number of nitrogen functional groups attached to an aromatic ring is 1. The monoisotopic (exact) mass is 248 g/mol. The normalized spacial score (nSPS) is 23.0. The van der Waals surface area contributed by atoms with Gasteiger partial charge in [-0.2, -0.15) is 0 Å². The van der Waals surface area contributed by atoms with Gasteiger partial charge in [-0.1, -0.05) is 0 Å². The van der Waals surface area contributed by atoms with Crippen molar-refractivity contribution < 1.29 is 9.53 Å². The van der Waals surface area contributed by atoms with E-state index in [1.807, 2.05) is 38.1 Å². The molecule has 0 spiro atoms. The lowest BCUT2D eigenvalue weighted by Gasteiger charge is -2.24. The summed E-state index contributed by atoms with van der Waals surface area (Å²) >= 11 is 0. The number of ether oxygens (including phenoxy) is 1. The molecule has 1 aromatic rings. The molecule has 1 saturated heterocycles. The van der Waals surface area contributed by atoms with Crippen LogP contribution in [-0.2, 0) is 9.53 Å². The summed E-state index contributed by atoms with van der Waals surface area (Å²) in [6.07, 6.45) is 1.66. The second-order valence-electron chi connectivity index (χ2n) is 4.69. The summed E-state index contributed by atoms with van der Waals surface area (Å²) in [5.74, 6) is 0.0478. The lowest BCUT2D eigenvalue weighted by Crippen LogP contribution is -2.39. The van der Waals surface area contributed by atoms with Gasteiger partial charge in [-0.3, -0.25) is 4.79 Å². The number of nitrogens with zero attached hydrogens (tertiary/aromatic N) is 1. The number of nitrogens with two attached hydrogens (primary N) is 1. The van der Waals surface area contributed by atoms with E-state index in [2.05, 4.69) is 0 Å². The van der Waals surface area contributed by atoms with Crippen molar-refractivity contribution in [3.63, 3.8) is 0 Å². The smallest absolute Gasteiger partial charge is 0.256 e. The summed E-state index contributed by atoms with van der Waals surface area (Å²) in [7, 11) is 0. The van der Waals surface area contributed by atoms with Crippen LogP contribution in [0, 0.1) is 0 Å². The Morgan fingerprint density at radius 3 is 2.56 bits per heavy atom. The van der Waals surface area contributed by atoms with Crippen LogP contribution >= 0.6 is 0 Å². The third-order valence-electron chi connectivity index (χ3n) is 3.29. The molecule has 1 aromatic carbocycles. The SMILES string of the molecule is CCN(C(=O)C1CCC(C)O1)c1ccc(N)cc1. The zero-order valence-corrected chi connectivity index (χ0v) is 10.9. The molecule has 0 aliphatic carbocycles. The molecule has 0 bridgehead atoms. The second kappa shape index (κ2) is 5.40. The first-order valence-electron chi connectivity index (χ1n) is 6.44. The van der Waals surface area contributed by atoms with Gasteiger partial charge in [-0.25, -0.2) is 0 Å². The van der Waals surface area contributed by atoms with Crippen molar-refractivity contribution in [3.8, 4) is 0 Å². The van der Waals surface area contributed by atoms with Gasteiger partial charge >= 0.3 is 0 Å². The Morgan fingerprint density at radius 1 is 1.39 bits per heavy atom. The van der Waals surface area contributed by atoms with Gasteiger partial charge in [-0.05, 0) is 51.0 Å². The fourth-order valence-electron chi connectivity index (χ4n) is 2.28. The molecule has 1 aliphatic heterocycles. The van der Waals surface area contributed by atoms with Crippen molar-refractivity contribution in [2.24, 2.45) is 0 Å². The van der Waals surface area contributed by atoms with E-state index in [0.717, 1.165) is 18.5 Å². The van der Waals surface area contributed by atoms with E-state index in [-0.39, 0.29) is 18.1 Å². The Hall–Kier alpha value is -1.55. The van der Waals surface area contributed by atoms with Gasteiger partial charge in [0.05, 0.1) is 6.10 Å². The van der Waals surface area contributed by atoms with Gasteiger partial charge in [0.1, 0.15) is 6.10 Å². The van der Waals surface area contributed by atoms with E-state index < -0.39 is 0 Å². The van der Waals surface area contributed by atoms with Gasteiger partial charge in [0.2, 0.25) is 0 Å². The standard InChI is InChI=1S/C14H20N2O2/c1-3-16(12-7-5-11(15)6-8-12)14(17)13-9-4-10(2)18-13/h5-8,10,13H,3-4,9,15H2,1-2H3. The topological polar surface area (TPSA) is 55.6 Å². The third-order valence-corrected chi connectivity index (χ3v) is 3.29. The highest BCUT2D eigenvalue weighted by atomic mass is 16.5. The van der Waals surface area contributed by atoms with E-state index in [4.69, 9.17) is 10.5 Å². The largest absolute Gasteiger partial charge is 0.399 e. The molecule has 2 N–H and O–H groups in total. The summed E-state index contributed by atoms with van der Waals surface area (Å²) in [5, 5.41) is 0. The number of anilines is 2. The minimum Gasteiger partial charge on any atom is -0.399 e. The average molecular weight is 248 g/mol. The van der Waals surface area contributed by atoms with Gasteiger partial charge in [-0.15, -0.1) is 0 Å². The van der Waals surface area contributed by atoms with Crippen LogP contribution < -0.4 is 10.6 Å². The van der Waals surface area contributed by atoms with Crippen LogP contribution in [0.5, 0.6) is 0 Å². The van der Waals surface area contributed by atoms with E-state index in [1.54, 1.807) is 4.90 Å². The zero-order chi connectivity index (χ0) is 13.1. The first-order valence-corrected chi connectivity index (χ1v) is 6.44. The molecule has 1 heterocycles. The maximum absolute atomic E-state index is 12.4. The average Bonchev–Trinajstić information content (AvgIpc) is 2.79. The summed E-state index contributed by atoms with van der Waals surface area (Å²) in [5.41, 5.74) is 7.23.